The van der Waals surface area contributed by atoms with Gasteiger partial charge in [0.1, 0.15) is 11.6 Å². The normalized spacial score (nSPS) is 13.1. The standard InChI is InChI=1S/C14H22N2O2/c1-11(13(17)18-14(2,3)4)16-10-7-12-5-8-15-9-6-12/h5-6,8-9,11,16H,7,10H2,1-4H3. The first-order chi connectivity index (χ1) is 8.38. The Morgan fingerprint density at radius 2 is 2.00 bits per heavy atom. The third-order valence-corrected chi connectivity index (χ3v) is 2.37. The molecule has 100 valence electrons. The maximum Gasteiger partial charge on any atom is 0.323 e. The summed E-state index contributed by atoms with van der Waals surface area (Å²) in [5.41, 5.74) is 0.770. The van der Waals surface area contributed by atoms with Crippen LogP contribution in [0.1, 0.15) is 33.3 Å². The molecular weight excluding hydrogens is 228 g/mol. The van der Waals surface area contributed by atoms with Crippen molar-refractivity contribution in [2.75, 3.05) is 6.54 Å². The predicted octanol–water partition coefficient (Wildman–Crippen LogP) is 1.94. The lowest BCUT2D eigenvalue weighted by atomic mass is 10.2. The summed E-state index contributed by atoms with van der Waals surface area (Å²) in [6.45, 7) is 8.17. The molecule has 1 aromatic heterocycles. The van der Waals surface area contributed by atoms with E-state index < -0.39 is 5.60 Å². The number of ether oxygens (including phenoxy) is 1. The molecule has 1 heterocycles. The smallest absolute Gasteiger partial charge is 0.323 e. The van der Waals surface area contributed by atoms with Crippen LogP contribution in [0, 0.1) is 0 Å². The molecule has 1 aromatic rings. The molecule has 0 saturated heterocycles. The zero-order chi connectivity index (χ0) is 13.6. The molecule has 0 amide bonds. The highest BCUT2D eigenvalue weighted by Gasteiger charge is 2.20. The molecule has 0 aromatic carbocycles. The van der Waals surface area contributed by atoms with Crippen molar-refractivity contribution in [1.29, 1.82) is 0 Å². The first-order valence-electron chi connectivity index (χ1n) is 6.23. The van der Waals surface area contributed by atoms with Gasteiger partial charge in [-0.15, -0.1) is 0 Å². The van der Waals surface area contributed by atoms with E-state index in [-0.39, 0.29) is 12.0 Å². The van der Waals surface area contributed by atoms with Crippen LogP contribution in [0.4, 0.5) is 0 Å². The summed E-state index contributed by atoms with van der Waals surface area (Å²) < 4.78 is 5.29. The first-order valence-corrected chi connectivity index (χ1v) is 6.23. The van der Waals surface area contributed by atoms with Gasteiger partial charge in [0, 0.05) is 12.4 Å². The average Bonchev–Trinajstić information content (AvgIpc) is 2.28. The van der Waals surface area contributed by atoms with Gasteiger partial charge < -0.3 is 10.1 Å². The number of rotatable bonds is 5. The van der Waals surface area contributed by atoms with Gasteiger partial charge in [0.15, 0.2) is 0 Å². The van der Waals surface area contributed by atoms with Gasteiger partial charge in [-0.25, -0.2) is 0 Å². The summed E-state index contributed by atoms with van der Waals surface area (Å²) >= 11 is 0. The predicted molar refractivity (Wildman–Crippen MR) is 71.3 cm³/mol. The molecule has 0 saturated carbocycles. The fraction of sp³-hybridized carbons (Fsp3) is 0.571. The minimum absolute atomic E-state index is 0.211. The van der Waals surface area contributed by atoms with Gasteiger partial charge in [-0.3, -0.25) is 9.78 Å². The Balaban J connectivity index is 2.29. The van der Waals surface area contributed by atoms with E-state index in [1.165, 1.54) is 5.56 Å². The molecule has 4 heteroatoms. The van der Waals surface area contributed by atoms with Gasteiger partial charge in [-0.05, 0) is 58.4 Å². The number of hydrogen-bond donors (Lipinski definition) is 1. The second kappa shape index (κ2) is 6.50. The van der Waals surface area contributed by atoms with Crippen LogP contribution in [-0.2, 0) is 16.0 Å². The Morgan fingerprint density at radius 1 is 1.39 bits per heavy atom. The SMILES string of the molecule is CC(NCCc1ccncc1)C(=O)OC(C)(C)C. The monoisotopic (exact) mass is 250 g/mol. The molecular formula is C14H22N2O2. The Kier molecular flexibility index (Phi) is 5.28. The van der Waals surface area contributed by atoms with Crippen LogP contribution < -0.4 is 5.32 Å². The molecule has 0 aliphatic carbocycles. The zero-order valence-electron chi connectivity index (χ0n) is 11.6. The highest BCUT2D eigenvalue weighted by molar-refractivity contribution is 5.75. The van der Waals surface area contributed by atoms with E-state index in [0.717, 1.165) is 13.0 Å². The van der Waals surface area contributed by atoms with Gasteiger partial charge in [-0.1, -0.05) is 0 Å². The summed E-state index contributed by atoms with van der Waals surface area (Å²) in [7, 11) is 0. The van der Waals surface area contributed by atoms with E-state index in [0.29, 0.717) is 0 Å². The third-order valence-electron chi connectivity index (χ3n) is 2.37. The van der Waals surface area contributed by atoms with Gasteiger partial charge >= 0.3 is 5.97 Å². The minimum Gasteiger partial charge on any atom is -0.459 e. The zero-order valence-corrected chi connectivity index (χ0v) is 11.6. The lowest BCUT2D eigenvalue weighted by molar-refractivity contribution is -0.156. The molecule has 1 N–H and O–H groups in total. The van der Waals surface area contributed by atoms with Gasteiger partial charge in [-0.2, -0.15) is 0 Å². The molecule has 0 aliphatic heterocycles. The summed E-state index contributed by atoms with van der Waals surface area (Å²) in [6.07, 6.45) is 4.41. The van der Waals surface area contributed by atoms with Crippen LogP contribution in [0.5, 0.6) is 0 Å². The summed E-state index contributed by atoms with van der Waals surface area (Å²) in [4.78, 5) is 15.7. The van der Waals surface area contributed by atoms with Crippen molar-refractivity contribution in [3.05, 3.63) is 30.1 Å². The highest BCUT2D eigenvalue weighted by Crippen LogP contribution is 2.08. The van der Waals surface area contributed by atoms with Crippen molar-refractivity contribution >= 4 is 5.97 Å². The summed E-state index contributed by atoms with van der Waals surface area (Å²) in [5, 5.41) is 3.16. The van der Waals surface area contributed by atoms with Crippen molar-refractivity contribution < 1.29 is 9.53 Å². The van der Waals surface area contributed by atoms with Crippen molar-refractivity contribution in [2.45, 2.75) is 45.8 Å². The third kappa shape index (κ3) is 5.77. The highest BCUT2D eigenvalue weighted by atomic mass is 16.6. The van der Waals surface area contributed by atoms with Crippen molar-refractivity contribution in [2.24, 2.45) is 0 Å². The quantitative estimate of drug-likeness (QED) is 0.811. The Bertz CT molecular complexity index is 371. The van der Waals surface area contributed by atoms with Crippen LogP contribution in [0.25, 0.3) is 0 Å². The molecule has 0 spiro atoms. The van der Waals surface area contributed by atoms with Crippen LogP contribution in [0.3, 0.4) is 0 Å². The van der Waals surface area contributed by atoms with Crippen LogP contribution >= 0.6 is 0 Å². The summed E-state index contributed by atoms with van der Waals surface area (Å²) in [5.74, 6) is -0.211. The number of nitrogens with zero attached hydrogens (tertiary/aromatic N) is 1. The maximum atomic E-state index is 11.7. The van der Waals surface area contributed by atoms with E-state index in [9.17, 15) is 4.79 Å². The molecule has 1 unspecified atom stereocenters. The number of hydrogen-bond acceptors (Lipinski definition) is 4. The number of carbonyl (C=O) groups excluding carboxylic acids is 1. The van der Waals surface area contributed by atoms with E-state index in [2.05, 4.69) is 10.3 Å². The van der Waals surface area contributed by atoms with Crippen molar-refractivity contribution in [3.8, 4) is 0 Å². The Hall–Kier alpha value is -1.42. The average molecular weight is 250 g/mol. The van der Waals surface area contributed by atoms with Gasteiger partial charge in [0.25, 0.3) is 0 Å². The Labute approximate surface area is 109 Å². The van der Waals surface area contributed by atoms with E-state index >= 15 is 0 Å². The summed E-state index contributed by atoms with van der Waals surface area (Å²) in [6, 6.07) is 3.66. The topological polar surface area (TPSA) is 51.2 Å². The van der Waals surface area contributed by atoms with Crippen LogP contribution in [-0.4, -0.2) is 29.1 Å². The van der Waals surface area contributed by atoms with E-state index in [4.69, 9.17) is 4.74 Å². The number of carbonyl (C=O) groups is 1. The molecule has 1 rings (SSSR count). The number of aromatic nitrogens is 1. The van der Waals surface area contributed by atoms with Gasteiger partial charge in [0.05, 0.1) is 0 Å². The lowest BCUT2D eigenvalue weighted by Crippen LogP contribution is -2.40. The molecule has 18 heavy (non-hydrogen) atoms. The number of esters is 1. The number of pyridine rings is 1. The molecule has 0 fully saturated rings. The number of nitrogens with one attached hydrogen (secondary N) is 1. The van der Waals surface area contributed by atoms with Crippen LogP contribution in [0.2, 0.25) is 0 Å². The van der Waals surface area contributed by atoms with Crippen molar-refractivity contribution in [3.63, 3.8) is 0 Å². The van der Waals surface area contributed by atoms with Crippen molar-refractivity contribution in [1.82, 2.24) is 10.3 Å². The molecule has 0 bridgehead atoms. The van der Waals surface area contributed by atoms with E-state index in [1.54, 1.807) is 12.4 Å². The lowest BCUT2D eigenvalue weighted by Gasteiger charge is -2.22. The molecule has 4 nitrogen and oxygen atoms in total. The Morgan fingerprint density at radius 3 is 2.56 bits per heavy atom. The van der Waals surface area contributed by atoms with Gasteiger partial charge in [0.2, 0.25) is 0 Å². The first kappa shape index (κ1) is 14.6. The van der Waals surface area contributed by atoms with Crippen LogP contribution in [0.15, 0.2) is 24.5 Å². The fourth-order valence-electron chi connectivity index (χ4n) is 1.46. The largest absolute Gasteiger partial charge is 0.459 e. The fourth-order valence-corrected chi connectivity index (χ4v) is 1.46. The maximum absolute atomic E-state index is 11.7. The molecule has 1 atom stereocenters. The molecule has 0 radical (unpaired) electrons. The second-order valence-electron chi connectivity index (χ2n) is 5.31. The minimum atomic E-state index is -0.432. The molecule has 0 aliphatic rings. The second-order valence-corrected chi connectivity index (χ2v) is 5.31. The van der Waals surface area contributed by atoms with E-state index in [1.807, 2.05) is 39.8 Å².